The van der Waals surface area contributed by atoms with Crippen molar-refractivity contribution in [1.29, 1.82) is 0 Å². The van der Waals surface area contributed by atoms with Crippen LogP contribution in [0.4, 0.5) is 8.78 Å². The second-order valence-corrected chi connectivity index (χ2v) is 2.68. The highest BCUT2D eigenvalue weighted by atomic mass is 32.2. The lowest BCUT2D eigenvalue weighted by molar-refractivity contribution is 0.251. The molecule has 0 radical (unpaired) electrons. The first-order chi connectivity index (χ1) is 4.70. The molecule has 1 rings (SSSR count). The highest BCUT2D eigenvalue weighted by Gasteiger charge is 2.07. The van der Waals surface area contributed by atoms with Crippen LogP contribution in [0.2, 0.25) is 0 Å². The van der Waals surface area contributed by atoms with Gasteiger partial charge >= 0.3 is 0 Å². The molecule has 0 bridgehead atoms. The van der Waals surface area contributed by atoms with Gasteiger partial charge in [0.1, 0.15) is 0 Å². The van der Waals surface area contributed by atoms with Gasteiger partial charge in [0.25, 0.3) is 5.76 Å². The van der Waals surface area contributed by atoms with Crippen molar-refractivity contribution in [3.63, 3.8) is 0 Å². The number of aromatic nitrogens is 2. The van der Waals surface area contributed by atoms with E-state index in [2.05, 4.69) is 5.10 Å². The Kier molecular flexibility index (Phi) is 2.26. The monoisotopic (exact) mass is 164 g/mol. The lowest BCUT2D eigenvalue weighted by atomic mass is 10.7. The molecule has 1 heterocycles. The third-order valence-electron chi connectivity index (χ3n) is 0.986. The number of halogens is 2. The zero-order valence-corrected chi connectivity index (χ0v) is 6.11. The maximum Gasteiger partial charge on any atom is 0.290 e. The molecular formula is C5H6F2N2S. The molecule has 0 aliphatic heterocycles. The fourth-order valence-corrected chi connectivity index (χ4v) is 1.09. The second kappa shape index (κ2) is 3.01. The predicted molar refractivity (Wildman–Crippen MR) is 35.1 cm³/mol. The van der Waals surface area contributed by atoms with Crippen LogP contribution in [0.3, 0.4) is 0 Å². The van der Waals surface area contributed by atoms with E-state index in [0.717, 1.165) is 0 Å². The van der Waals surface area contributed by atoms with Crippen molar-refractivity contribution in [3.8, 4) is 0 Å². The first-order valence-electron chi connectivity index (χ1n) is 2.63. The maximum atomic E-state index is 11.7. The van der Waals surface area contributed by atoms with Crippen LogP contribution >= 0.6 is 11.8 Å². The molecule has 0 unspecified atom stereocenters. The molecule has 10 heavy (non-hydrogen) atoms. The molecule has 0 fully saturated rings. The van der Waals surface area contributed by atoms with E-state index < -0.39 is 5.76 Å². The summed E-state index contributed by atoms with van der Waals surface area (Å²) >= 11 is 0.499. The fourth-order valence-electron chi connectivity index (χ4n) is 0.569. The number of rotatable bonds is 2. The average Bonchev–Trinajstić information content (AvgIpc) is 2.15. The minimum absolute atomic E-state index is 0.481. The third kappa shape index (κ3) is 1.70. The minimum atomic E-state index is -2.37. The zero-order valence-electron chi connectivity index (χ0n) is 5.29. The van der Waals surface area contributed by atoms with Crippen LogP contribution in [0.25, 0.3) is 0 Å². The van der Waals surface area contributed by atoms with Crippen molar-refractivity contribution in [2.45, 2.75) is 10.8 Å². The minimum Gasteiger partial charge on any atom is -0.262 e. The number of hydrogen-bond acceptors (Lipinski definition) is 2. The number of aryl methyl sites for hydroxylation is 1. The molecule has 0 amide bonds. The van der Waals surface area contributed by atoms with Crippen LogP contribution in [-0.2, 0) is 7.05 Å². The van der Waals surface area contributed by atoms with Gasteiger partial charge in [-0.15, -0.1) is 0 Å². The summed E-state index contributed by atoms with van der Waals surface area (Å²) in [6.07, 6.45) is 1.49. The quantitative estimate of drug-likeness (QED) is 0.619. The largest absolute Gasteiger partial charge is 0.290 e. The molecule has 0 aliphatic carbocycles. The van der Waals surface area contributed by atoms with Crippen LogP contribution in [0, 0.1) is 0 Å². The number of thioether (sulfide) groups is 1. The number of alkyl halides is 2. The first-order valence-corrected chi connectivity index (χ1v) is 3.51. The van der Waals surface area contributed by atoms with Crippen molar-refractivity contribution in [2.24, 2.45) is 7.05 Å². The number of nitrogens with zero attached hydrogens (tertiary/aromatic N) is 2. The Labute approximate surface area is 61.2 Å². The van der Waals surface area contributed by atoms with Gasteiger partial charge in [-0.25, -0.2) is 0 Å². The van der Waals surface area contributed by atoms with Crippen LogP contribution in [0.5, 0.6) is 0 Å². The zero-order chi connectivity index (χ0) is 7.56. The SMILES string of the molecule is Cn1nccc1SC(F)F. The van der Waals surface area contributed by atoms with Gasteiger partial charge in [-0.1, -0.05) is 0 Å². The van der Waals surface area contributed by atoms with Crippen molar-refractivity contribution in [2.75, 3.05) is 0 Å². The lowest BCUT2D eigenvalue weighted by Crippen LogP contribution is -1.93. The molecule has 0 saturated carbocycles. The molecule has 56 valence electrons. The van der Waals surface area contributed by atoms with Gasteiger partial charge in [0.15, 0.2) is 0 Å². The van der Waals surface area contributed by atoms with Crippen molar-refractivity contribution >= 4 is 11.8 Å². The van der Waals surface area contributed by atoms with Gasteiger partial charge in [-0.3, -0.25) is 4.68 Å². The van der Waals surface area contributed by atoms with Gasteiger partial charge < -0.3 is 0 Å². The van der Waals surface area contributed by atoms with Crippen molar-refractivity contribution in [3.05, 3.63) is 12.3 Å². The molecule has 2 nitrogen and oxygen atoms in total. The van der Waals surface area contributed by atoms with Crippen molar-refractivity contribution in [1.82, 2.24) is 9.78 Å². The molecule has 0 spiro atoms. The van der Waals surface area contributed by atoms with E-state index in [9.17, 15) is 8.78 Å². The summed E-state index contributed by atoms with van der Waals surface area (Å²) in [6, 6.07) is 1.55. The third-order valence-corrected chi connectivity index (χ3v) is 1.81. The van der Waals surface area contributed by atoms with E-state index in [0.29, 0.717) is 16.8 Å². The van der Waals surface area contributed by atoms with E-state index in [4.69, 9.17) is 0 Å². The molecular weight excluding hydrogens is 158 g/mol. The fraction of sp³-hybridized carbons (Fsp3) is 0.400. The molecule has 0 atom stereocenters. The van der Waals surface area contributed by atoms with Crippen LogP contribution in [0.1, 0.15) is 0 Å². The average molecular weight is 164 g/mol. The van der Waals surface area contributed by atoms with Crippen LogP contribution in [-0.4, -0.2) is 15.5 Å². The number of hydrogen-bond donors (Lipinski definition) is 0. The molecule has 0 aliphatic rings. The molecule has 0 aromatic carbocycles. The normalized spacial score (nSPS) is 10.8. The molecule has 1 aromatic heterocycles. The highest BCUT2D eigenvalue weighted by Crippen LogP contribution is 2.23. The van der Waals surface area contributed by atoms with Gasteiger partial charge in [0, 0.05) is 7.05 Å². The van der Waals surface area contributed by atoms with E-state index in [1.165, 1.54) is 10.9 Å². The van der Waals surface area contributed by atoms with E-state index >= 15 is 0 Å². The van der Waals surface area contributed by atoms with Crippen molar-refractivity contribution < 1.29 is 8.78 Å². The summed E-state index contributed by atoms with van der Waals surface area (Å²) < 4.78 is 24.8. The van der Waals surface area contributed by atoms with Gasteiger partial charge in [-0.05, 0) is 17.8 Å². The first kappa shape index (κ1) is 7.53. The summed E-state index contributed by atoms with van der Waals surface area (Å²) in [5.74, 6) is -2.37. The van der Waals surface area contributed by atoms with Crippen LogP contribution in [0.15, 0.2) is 17.3 Å². The second-order valence-electron chi connectivity index (χ2n) is 1.67. The molecule has 0 N–H and O–H groups in total. The summed E-state index contributed by atoms with van der Waals surface area (Å²) in [6.45, 7) is 0. The summed E-state index contributed by atoms with van der Waals surface area (Å²) in [7, 11) is 1.63. The lowest BCUT2D eigenvalue weighted by Gasteiger charge is -1.97. The highest BCUT2D eigenvalue weighted by molar-refractivity contribution is 7.99. The van der Waals surface area contributed by atoms with E-state index in [1.807, 2.05) is 0 Å². The Morgan fingerprint density at radius 1 is 1.70 bits per heavy atom. The topological polar surface area (TPSA) is 17.8 Å². The molecule has 1 aromatic rings. The van der Waals surface area contributed by atoms with Gasteiger partial charge in [0.2, 0.25) is 0 Å². The van der Waals surface area contributed by atoms with E-state index in [-0.39, 0.29) is 0 Å². The summed E-state index contributed by atoms with van der Waals surface area (Å²) in [5, 5.41) is 4.21. The van der Waals surface area contributed by atoms with Crippen LogP contribution < -0.4 is 0 Å². The maximum absolute atomic E-state index is 11.7. The predicted octanol–water partition coefficient (Wildman–Crippen LogP) is 1.73. The van der Waals surface area contributed by atoms with E-state index in [1.54, 1.807) is 13.1 Å². The summed E-state index contributed by atoms with van der Waals surface area (Å²) in [5.41, 5.74) is 0. The molecule has 0 saturated heterocycles. The molecule has 5 heteroatoms. The summed E-state index contributed by atoms with van der Waals surface area (Å²) in [4.78, 5) is 0. The Balaban J connectivity index is 2.65. The van der Waals surface area contributed by atoms with Gasteiger partial charge in [0.05, 0.1) is 11.2 Å². The standard InChI is InChI=1S/C5H6F2N2S/c1-9-4(2-3-8-9)10-5(6)7/h2-3,5H,1H3. The Hall–Kier alpha value is -0.580. The Bertz CT molecular complexity index is 211. The smallest absolute Gasteiger partial charge is 0.262 e. The Morgan fingerprint density at radius 2 is 2.40 bits per heavy atom. The van der Waals surface area contributed by atoms with Gasteiger partial charge in [-0.2, -0.15) is 13.9 Å². The Morgan fingerprint density at radius 3 is 2.80 bits per heavy atom.